The maximum absolute atomic E-state index is 12.6. The highest BCUT2D eigenvalue weighted by molar-refractivity contribution is 7.92. The number of halogens is 3. The number of benzene rings is 3. The van der Waals surface area contributed by atoms with Gasteiger partial charge >= 0.3 is 11.5 Å². The number of nitrogens with two attached hydrogens (primary N) is 1. The molecule has 0 atom stereocenters. The third-order valence-electron chi connectivity index (χ3n) is 5.11. The van der Waals surface area contributed by atoms with E-state index in [9.17, 15) is 31.2 Å². The zero-order valence-electron chi connectivity index (χ0n) is 17.7. The van der Waals surface area contributed by atoms with E-state index in [0.29, 0.717) is 16.8 Å². The summed E-state index contributed by atoms with van der Waals surface area (Å²) in [6, 6.07) is 16.8. The standard InChI is InChI=1S/C23H17F3N4O4S/c24-23(25,26)35(33,34)16-11-9-15(10-12-16)29-22(32)28-14-7-5-13(6-8-14)19-17-3-1-2-4-18(17)30-20(19)21(27)31/h1-12,30H,(H2,27,31)(H2,28,29,32). The van der Waals surface area contributed by atoms with Gasteiger partial charge in [-0.2, -0.15) is 13.2 Å². The number of amides is 3. The van der Waals surface area contributed by atoms with Gasteiger partial charge in [-0.15, -0.1) is 0 Å². The lowest BCUT2D eigenvalue weighted by atomic mass is 10.0. The van der Waals surface area contributed by atoms with Crippen LogP contribution in [0.1, 0.15) is 10.5 Å². The fourth-order valence-electron chi connectivity index (χ4n) is 3.49. The molecule has 35 heavy (non-hydrogen) atoms. The zero-order valence-corrected chi connectivity index (χ0v) is 18.5. The van der Waals surface area contributed by atoms with Crippen molar-refractivity contribution in [1.82, 2.24) is 4.98 Å². The summed E-state index contributed by atoms with van der Waals surface area (Å²) in [5, 5.41) is 5.77. The molecule has 4 aromatic rings. The Morgan fingerprint density at radius 3 is 1.91 bits per heavy atom. The van der Waals surface area contributed by atoms with E-state index in [1.165, 1.54) is 0 Å². The lowest BCUT2D eigenvalue weighted by Gasteiger charge is -2.11. The summed E-state index contributed by atoms with van der Waals surface area (Å²) in [7, 11) is -5.47. The minimum absolute atomic E-state index is 0.0881. The SMILES string of the molecule is NC(=O)c1[nH]c2ccccc2c1-c1ccc(NC(=O)Nc2ccc(S(=O)(=O)C(F)(F)F)cc2)cc1. The van der Waals surface area contributed by atoms with Crippen molar-refractivity contribution in [2.24, 2.45) is 5.73 Å². The largest absolute Gasteiger partial charge is 0.501 e. The number of fused-ring (bicyclic) bond motifs is 1. The minimum Gasteiger partial charge on any atom is -0.364 e. The fraction of sp³-hybridized carbons (Fsp3) is 0.0435. The molecule has 8 nitrogen and oxygen atoms in total. The summed E-state index contributed by atoms with van der Waals surface area (Å²) in [6.07, 6.45) is 0. The van der Waals surface area contributed by atoms with Crippen molar-refractivity contribution in [3.05, 3.63) is 78.5 Å². The summed E-state index contributed by atoms with van der Waals surface area (Å²) in [5.41, 5.74) is 2.87. The maximum atomic E-state index is 12.6. The molecule has 0 unspecified atom stereocenters. The molecular formula is C23H17F3N4O4S. The number of carbonyl (C=O) groups is 2. The number of nitrogens with one attached hydrogen (secondary N) is 3. The van der Waals surface area contributed by atoms with Gasteiger partial charge < -0.3 is 21.4 Å². The predicted octanol–water partition coefficient (Wildman–Crippen LogP) is 4.87. The second-order valence-corrected chi connectivity index (χ2v) is 9.36. The first kappa shape index (κ1) is 23.8. The molecule has 0 aliphatic heterocycles. The Kier molecular flexibility index (Phi) is 5.99. The molecule has 3 amide bonds. The molecule has 0 saturated heterocycles. The number of hydrogen-bond acceptors (Lipinski definition) is 4. The van der Waals surface area contributed by atoms with Gasteiger partial charge in [0.05, 0.1) is 4.90 Å². The number of primary amides is 1. The van der Waals surface area contributed by atoms with Gasteiger partial charge in [-0.25, -0.2) is 13.2 Å². The number of carbonyl (C=O) groups excluding carboxylic acids is 2. The number of anilines is 2. The van der Waals surface area contributed by atoms with E-state index in [0.717, 1.165) is 35.2 Å². The highest BCUT2D eigenvalue weighted by Gasteiger charge is 2.46. The molecule has 4 rings (SSSR count). The Balaban J connectivity index is 1.48. The average Bonchev–Trinajstić information content (AvgIpc) is 3.19. The van der Waals surface area contributed by atoms with Gasteiger partial charge in [0, 0.05) is 27.8 Å². The number of para-hydroxylation sites is 1. The highest BCUT2D eigenvalue weighted by atomic mass is 32.2. The Hall–Kier alpha value is -4.32. The molecular weight excluding hydrogens is 485 g/mol. The van der Waals surface area contributed by atoms with E-state index < -0.39 is 32.2 Å². The van der Waals surface area contributed by atoms with E-state index in [1.54, 1.807) is 24.3 Å². The van der Waals surface area contributed by atoms with Crippen molar-refractivity contribution >= 4 is 44.1 Å². The van der Waals surface area contributed by atoms with E-state index in [-0.39, 0.29) is 11.4 Å². The van der Waals surface area contributed by atoms with Crippen molar-refractivity contribution in [3.63, 3.8) is 0 Å². The molecule has 0 saturated carbocycles. The van der Waals surface area contributed by atoms with Crippen LogP contribution in [0.5, 0.6) is 0 Å². The molecule has 5 N–H and O–H groups in total. The lowest BCUT2D eigenvalue weighted by molar-refractivity contribution is -0.0436. The van der Waals surface area contributed by atoms with Gasteiger partial charge in [0.1, 0.15) is 5.69 Å². The van der Waals surface area contributed by atoms with Gasteiger partial charge in [0.15, 0.2) is 0 Å². The first-order valence-electron chi connectivity index (χ1n) is 9.98. The molecule has 3 aromatic carbocycles. The lowest BCUT2D eigenvalue weighted by Crippen LogP contribution is -2.23. The molecule has 0 aliphatic rings. The van der Waals surface area contributed by atoms with Crippen LogP contribution in [0.15, 0.2) is 77.7 Å². The molecule has 0 radical (unpaired) electrons. The van der Waals surface area contributed by atoms with E-state index in [2.05, 4.69) is 15.6 Å². The van der Waals surface area contributed by atoms with Crippen LogP contribution in [0.4, 0.5) is 29.3 Å². The Morgan fingerprint density at radius 1 is 0.829 bits per heavy atom. The van der Waals surface area contributed by atoms with E-state index >= 15 is 0 Å². The second-order valence-electron chi connectivity index (χ2n) is 7.41. The van der Waals surface area contributed by atoms with E-state index in [1.807, 2.05) is 24.3 Å². The van der Waals surface area contributed by atoms with Crippen LogP contribution in [0.2, 0.25) is 0 Å². The summed E-state index contributed by atoms with van der Waals surface area (Å²) in [4.78, 5) is 26.3. The van der Waals surface area contributed by atoms with Crippen LogP contribution in [0.3, 0.4) is 0 Å². The average molecular weight is 502 g/mol. The predicted molar refractivity (Wildman–Crippen MR) is 125 cm³/mol. The first-order valence-corrected chi connectivity index (χ1v) is 11.5. The van der Waals surface area contributed by atoms with Crippen molar-refractivity contribution < 1.29 is 31.2 Å². The Morgan fingerprint density at radius 2 is 1.37 bits per heavy atom. The molecule has 0 bridgehead atoms. The van der Waals surface area contributed by atoms with Crippen molar-refractivity contribution in [2.75, 3.05) is 10.6 Å². The number of urea groups is 1. The summed E-state index contributed by atoms with van der Waals surface area (Å²) >= 11 is 0. The summed E-state index contributed by atoms with van der Waals surface area (Å²) in [5.74, 6) is -0.619. The Labute approximate surface area is 196 Å². The van der Waals surface area contributed by atoms with Crippen molar-refractivity contribution in [2.45, 2.75) is 10.4 Å². The third-order valence-corrected chi connectivity index (χ3v) is 6.61. The number of hydrogen-bond donors (Lipinski definition) is 4. The van der Waals surface area contributed by atoms with Crippen LogP contribution < -0.4 is 16.4 Å². The maximum Gasteiger partial charge on any atom is 0.501 e. The van der Waals surface area contributed by atoms with Crippen LogP contribution in [-0.2, 0) is 9.84 Å². The molecule has 1 aromatic heterocycles. The quantitative estimate of drug-likeness (QED) is 0.310. The summed E-state index contributed by atoms with van der Waals surface area (Å²) < 4.78 is 60.7. The van der Waals surface area contributed by atoms with Crippen molar-refractivity contribution in [1.29, 1.82) is 0 Å². The van der Waals surface area contributed by atoms with Gasteiger partial charge in [0.2, 0.25) is 0 Å². The number of rotatable bonds is 5. The first-order chi connectivity index (χ1) is 16.5. The van der Waals surface area contributed by atoms with Crippen LogP contribution >= 0.6 is 0 Å². The number of sulfone groups is 1. The minimum atomic E-state index is -5.47. The summed E-state index contributed by atoms with van der Waals surface area (Å²) in [6.45, 7) is 0. The van der Waals surface area contributed by atoms with Gasteiger partial charge in [-0.1, -0.05) is 30.3 Å². The normalized spacial score (nSPS) is 11.9. The number of aromatic nitrogens is 1. The van der Waals surface area contributed by atoms with Gasteiger partial charge in [0.25, 0.3) is 15.7 Å². The van der Waals surface area contributed by atoms with Crippen molar-refractivity contribution in [3.8, 4) is 11.1 Å². The Bertz CT molecular complexity index is 1530. The van der Waals surface area contributed by atoms with Gasteiger partial charge in [-0.05, 0) is 48.0 Å². The van der Waals surface area contributed by atoms with Crippen LogP contribution in [-0.4, -0.2) is 30.8 Å². The van der Waals surface area contributed by atoms with Crippen LogP contribution in [0.25, 0.3) is 22.0 Å². The molecule has 1 heterocycles. The second kappa shape index (κ2) is 8.80. The zero-order chi connectivity index (χ0) is 25.4. The highest BCUT2D eigenvalue weighted by Crippen LogP contribution is 2.33. The number of aromatic amines is 1. The number of H-pyrrole nitrogens is 1. The monoisotopic (exact) mass is 502 g/mol. The fourth-order valence-corrected chi connectivity index (χ4v) is 4.25. The molecule has 0 fully saturated rings. The molecule has 180 valence electrons. The smallest absolute Gasteiger partial charge is 0.364 e. The number of alkyl halides is 3. The van der Waals surface area contributed by atoms with Crippen LogP contribution in [0, 0.1) is 0 Å². The topological polar surface area (TPSA) is 134 Å². The molecule has 0 aliphatic carbocycles. The van der Waals surface area contributed by atoms with E-state index in [4.69, 9.17) is 5.73 Å². The third kappa shape index (κ3) is 4.68. The molecule has 0 spiro atoms. The van der Waals surface area contributed by atoms with Gasteiger partial charge in [-0.3, -0.25) is 4.79 Å². The molecule has 12 heteroatoms.